The molecule has 0 aliphatic carbocycles. The van der Waals surface area contributed by atoms with Gasteiger partial charge in [0.15, 0.2) is 10.5 Å². The summed E-state index contributed by atoms with van der Waals surface area (Å²) in [6, 6.07) is 15.3. The first-order chi connectivity index (χ1) is 18.5. The normalized spacial score (nSPS) is 13.2. The molecule has 0 unspecified atom stereocenters. The lowest BCUT2D eigenvalue weighted by atomic mass is 10.1. The van der Waals surface area contributed by atoms with E-state index in [-0.39, 0.29) is 5.91 Å². The molecular formula is C30H39N5O2S. The number of carbonyl (C=O) groups excluding carboxylic acids is 1. The summed E-state index contributed by atoms with van der Waals surface area (Å²) < 4.78 is 8.33. The molecule has 0 atom stereocenters. The Balaban J connectivity index is 0.000000956. The molecule has 202 valence electrons. The van der Waals surface area contributed by atoms with E-state index in [4.69, 9.17) is 16.6 Å². The summed E-state index contributed by atoms with van der Waals surface area (Å²) in [5, 5.41) is 7.32. The van der Waals surface area contributed by atoms with Crippen LogP contribution in [0.25, 0.3) is 27.9 Å². The average Bonchev–Trinajstić information content (AvgIpc) is 3.52. The number of furan rings is 1. The lowest BCUT2D eigenvalue weighted by Gasteiger charge is -2.27. The van der Waals surface area contributed by atoms with E-state index in [1.165, 1.54) is 0 Å². The number of fused-ring (bicyclic) bond motifs is 1. The van der Waals surface area contributed by atoms with Crippen LogP contribution in [-0.2, 0) is 0 Å². The Morgan fingerprint density at radius 2 is 1.71 bits per heavy atom. The van der Waals surface area contributed by atoms with Crippen molar-refractivity contribution in [2.24, 2.45) is 0 Å². The van der Waals surface area contributed by atoms with Crippen molar-refractivity contribution in [3.05, 3.63) is 77.4 Å². The van der Waals surface area contributed by atoms with Crippen LogP contribution >= 0.6 is 12.2 Å². The third-order valence-electron chi connectivity index (χ3n) is 6.19. The zero-order valence-electron chi connectivity index (χ0n) is 23.1. The number of nitrogens with zero attached hydrogens (tertiary/aromatic N) is 2. The van der Waals surface area contributed by atoms with Crippen molar-refractivity contribution in [3.63, 3.8) is 0 Å². The molecule has 1 aliphatic heterocycles. The van der Waals surface area contributed by atoms with E-state index >= 15 is 0 Å². The molecule has 38 heavy (non-hydrogen) atoms. The molecule has 7 nitrogen and oxygen atoms in total. The summed E-state index contributed by atoms with van der Waals surface area (Å²) in [7, 11) is 0. The molecule has 0 saturated carbocycles. The topological polar surface area (TPSA) is 78.2 Å². The van der Waals surface area contributed by atoms with Gasteiger partial charge in [-0.25, -0.2) is 0 Å². The molecule has 1 amide bonds. The monoisotopic (exact) mass is 533 g/mol. The summed E-state index contributed by atoms with van der Waals surface area (Å²) >= 11 is 5.59. The minimum Gasteiger partial charge on any atom is -0.451 e. The van der Waals surface area contributed by atoms with Crippen LogP contribution in [0, 0.1) is 11.7 Å². The van der Waals surface area contributed by atoms with E-state index in [1.807, 2.05) is 93.9 Å². The Morgan fingerprint density at radius 1 is 1.05 bits per heavy atom. The number of amides is 1. The Morgan fingerprint density at radius 3 is 2.42 bits per heavy atom. The van der Waals surface area contributed by atoms with Crippen LogP contribution in [0.5, 0.6) is 0 Å². The van der Waals surface area contributed by atoms with Gasteiger partial charge in [0, 0.05) is 61.1 Å². The number of hydrogen-bond acceptors (Lipinski definition) is 5. The van der Waals surface area contributed by atoms with Crippen LogP contribution in [-0.4, -0.2) is 53.1 Å². The van der Waals surface area contributed by atoms with Crippen molar-refractivity contribution in [1.29, 1.82) is 0 Å². The van der Waals surface area contributed by atoms with Crippen molar-refractivity contribution >= 4 is 40.5 Å². The van der Waals surface area contributed by atoms with Crippen LogP contribution in [0.2, 0.25) is 0 Å². The molecule has 0 radical (unpaired) electrons. The first-order valence-corrected chi connectivity index (χ1v) is 13.7. The molecule has 5 rings (SSSR count). The van der Waals surface area contributed by atoms with Gasteiger partial charge in [0.25, 0.3) is 5.91 Å². The van der Waals surface area contributed by atoms with Crippen molar-refractivity contribution in [2.45, 2.75) is 34.6 Å². The highest BCUT2D eigenvalue weighted by Gasteiger charge is 2.20. The zero-order valence-corrected chi connectivity index (χ0v) is 23.9. The molecular weight excluding hydrogens is 494 g/mol. The van der Waals surface area contributed by atoms with Crippen LogP contribution in [0.3, 0.4) is 0 Å². The van der Waals surface area contributed by atoms with Gasteiger partial charge in [0.1, 0.15) is 5.58 Å². The predicted octanol–water partition coefficient (Wildman–Crippen LogP) is 6.95. The summed E-state index contributed by atoms with van der Waals surface area (Å²) in [5.41, 5.74) is 4.74. The third kappa shape index (κ3) is 6.51. The smallest absolute Gasteiger partial charge is 0.291 e. The van der Waals surface area contributed by atoms with Gasteiger partial charge >= 0.3 is 0 Å². The highest BCUT2D eigenvalue weighted by atomic mass is 32.1. The van der Waals surface area contributed by atoms with Crippen molar-refractivity contribution < 1.29 is 9.21 Å². The zero-order chi connectivity index (χ0) is 27.7. The summed E-state index contributed by atoms with van der Waals surface area (Å²) in [5.74, 6) is 0.0215. The predicted molar refractivity (Wildman–Crippen MR) is 161 cm³/mol. The van der Waals surface area contributed by atoms with Gasteiger partial charge in [0.05, 0.1) is 11.4 Å². The largest absolute Gasteiger partial charge is 0.451 e. The molecule has 2 aromatic heterocycles. The molecule has 4 aromatic rings. The van der Waals surface area contributed by atoms with E-state index in [0.29, 0.717) is 21.8 Å². The number of H-pyrrole nitrogens is 1. The maximum Gasteiger partial charge on any atom is 0.291 e. The number of carbonyl (C=O) groups is 1. The Kier molecular flexibility index (Phi) is 10.6. The third-order valence-corrected chi connectivity index (χ3v) is 6.49. The fourth-order valence-electron chi connectivity index (χ4n) is 4.37. The fourth-order valence-corrected chi connectivity index (χ4v) is 4.66. The Labute approximate surface area is 230 Å². The molecule has 1 fully saturated rings. The number of anilines is 1. The number of aryl methyl sites for hydroxylation is 1. The van der Waals surface area contributed by atoms with Gasteiger partial charge < -0.3 is 20.0 Å². The maximum absolute atomic E-state index is 13.1. The number of hydrogen-bond donors (Lipinski definition) is 3. The van der Waals surface area contributed by atoms with E-state index in [1.54, 1.807) is 0 Å². The van der Waals surface area contributed by atoms with E-state index in [0.717, 1.165) is 60.6 Å². The second-order valence-corrected chi connectivity index (χ2v) is 8.87. The number of piperazine rings is 1. The van der Waals surface area contributed by atoms with Crippen LogP contribution in [0.4, 0.5) is 5.69 Å². The average molecular weight is 534 g/mol. The van der Waals surface area contributed by atoms with E-state index in [9.17, 15) is 4.79 Å². The van der Waals surface area contributed by atoms with Crippen LogP contribution in [0.15, 0.2) is 65.7 Å². The highest BCUT2D eigenvalue weighted by Crippen LogP contribution is 2.30. The fraction of sp³-hybridized carbons (Fsp3) is 0.333. The number of rotatable bonds is 6. The Bertz CT molecular complexity index is 1430. The van der Waals surface area contributed by atoms with Gasteiger partial charge in [-0.15, -0.1) is 0 Å². The molecule has 1 saturated heterocycles. The molecule has 2 aromatic carbocycles. The first kappa shape index (κ1) is 29.1. The molecule has 8 heteroatoms. The molecule has 1 aliphatic rings. The number of aromatic amines is 1. The van der Waals surface area contributed by atoms with E-state index < -0.39 is 0 Å². The number of para-hydroxylation sites is 2. The second-order valence-electron chi connectivity index (χ2n) is 8.49. The van der Waals surface area contributed by atoms with Crippen molar-refractivity contribution in [3.8, 4) is 11.3 Å². The van der Waals surface area contributed by atoms with Gasteiger partial charge in [-0.05, 0) is 31.3 Å². The SMILES string of the molecule is C=C(CN1CCNCC1)n1cc(-c2ccccc2NC(=O)c2oc3ccccc3c2C)[nH]c1=S.CC.CC. The molecule has 0 bridgehead atoms. The Hall–Kier alpha value is -3.46. The van der Waals surface area contributed by atoms with Crippen molar-refractivity contribution in [1.82, 2.24) is 19.8 Å². The lowest BCUT2D eigenvalue weighted by Crippen LogP contribution is -2.44. The van der Waals surface area contributed by atoms with E-state index in [2.05, 4.69) is 27.1 Å². The maximum atomic E-state index is 13.1. The molecule has 3 heterocycles. The summed E-state index contributed by atoms with van der Waals surface area (Å²) in [6.07, 6.45) is 1.95. The molecule has 0 spiro atoms. The number of nitrogens with one attached hydrogen (secondary N) is 3. The first-order valence-electron chi connectivity index (χ1n) is 13.3. The number of benzene rings is 2. The van der Waals surface area contributed by atoms with Gasteiger partial charge in [-0.2, -0.15) is 0 Å². The quantitative estimate of drug-likeness (QED) is 0.234. The van der Waals surface area contributed by atoms with Gasteiger partial charge in [-0.1, -0.05) is 70.7 Å². The van der Waals surface area contributed by atoms with Gasteiger partial charge in [-0.3, -0.25) is 14.3 Å². The highest BCUT2D eigenvalue weighted by molar-refractivity contribution is 7.71. The number of aromatic nitrogens is 2. The minimum atomic E-state index is -0.290. The van der Waals surface area contributed by atoms with Gasteiger partial charge in [0.2, 0.25) is 0 Å². The standard InChI is InChI=1S/C26H27N5O2S.2C2H6/c1-17(15-30-13-11-27-12-14-30)31-16-22(29-26(31)34)20-8-3-5-9-21(20)28-25(32)24-18(2)19-7-4-6-10-23(19)33-24;2*1-2/h3-10,16,27H,1,11-15H2,2H3,(H,28,32)(H,29,34);2*1-2H3. The van der Waals surface area contributed by atoms with Crippen LogP contribution < -0.4 is 10.6 Å². The summed E-state index contributed by atoms with van der Waals surface area (Å²) in [4.78, 5) is 18.8. The number of imidazole rings is 1. The molecule has 3 N–H and O–H groups in total. The van der Waals surface area contributed by atoms with Crippen LogP contribution in [0.1, 0.15) is 43.8 Å². The van der Waals surface area contributed by atoms with Crippen molar-refractivity contribution in [2.75, 3.05) is 38.0 Å². The summed E-state index contributed by atoms with van der Waals surface area (Å²) in [6.45, 7) is 18.8. The minimum absolute atomic E-state index is 0.290. The second kappa shape index (κ2) is 13.9. The lowest BCUT2D eigenvalue weighted by molar-refractivity contribution is 0.0998.